The molecular weight excluding hydrogens is 266 g/mol. The van der Waals surface area contributed by atoms with E-state index in [-0.39, 0.29) is 12.5 Å². The summed E-state index contributed by atoms with van der Waals surface area (Å²) in [4.78, 5) is 25.7. The Morgan fingerprint density at radius 3 is 3.05 bits per heavy atom. The third-order valence-corrected chi connectivity index (χ3v) is 4.96. The molecule has 0 spiro atoms. The van der Waals surface area contributed by atoms with Crippen LogP contribution in [0.3, 0.4) is 0 Å². The molecule has 1 saturated carbocycles. The lowest BCUT2D eigenvalue weighted by Gasteiger charge is -2.24. The van der Waals surface area contributed by atoms with Crippen molar-refractivity contribution in [2.75, 3.05) is 6.54 Å². The van der Waals surface area contributed by atoms with E-state index in [0.717, 1.165) is 35.7 Å². The summed E-state index contributed by atoms with van der Waals surface area (Å²) in [5, 5.41) is 5.54. The van der Waals surface area contributed by atoms with Crippen LogP contribution in [0.4, 0.5) is 0 Å². The summed E-state index contributed by atoms with van der Waals surface area (Å²) in [6.07, 6.45) is 2.75. The maximum Gasteiger partial charge on any atom is 0.245 e. The van der Waals surface area contributed by atoms with Crippen molar-refractivity contribution in [1.82, 2.24) is 14.7 Å². The standard InChI is InChI=1S/C16H17N3O2/c1-11-13-4-2-3-5-14(13)19(17-11)9-15(21)18-7-6-12-8-16(12,18)10-20/h2-5,10,12H,6-9H2,1H3. The van der Waals surface area contributed by atoms with Gasteiger partial charge < -0.3 is 9.69 Å². The molecule has 1 saturated heterocycles. The van der Waals surface area contributed by atoms with Crippen LogP contribution >= 0.6 is 0 Å². The van der Waals surface area contributed by atoms with Gasteiger partial charge in [-0.3, -0.25) is 9.48 Å². The summed E-state index contributed by atoms with van der Waals surface area (Å²) >= 11 is 0. The lowest BCUT2D eigenvalue weighted by molar-refractivity contribution is -0.137. The molecule has 1 aliphatic heterocycles. The predicted molar refractivity (Wildman–Crippen MR) is 77.7 cm³/mol. The van der Waals surface area contributed by atoms with Gasteiger partial charge in [0.05, 0.1) is 11.2 Å². The van der Waals surface area contributed by atoms with Crippen molar-refractivity contribution < 1.29 is 9.59 Å². The van der Waals surface area contributed by atoms with Gasteiger partial charge in [0.25, 0.3) is 0 Å². The molecule has 5 heteroatoms. The number of benzene rings is 1. The second-order valence-electron chi connectivity index (χ2n) is 6.10. The third-order valence-electron chi connectivity index (χ3n) is 4.96. The highest BCUT2D eigenvalue weighted by molar-refractivity contribution is 5.87. The zero-order chi connectivity index (χ0) is 14.6. The zero-order valence-corrected chi connectivity index (χ0v) is 12.0. The van der Waals surface area contributed by atoms with Crippen LogP contribution in [-0.2, 0) is 16.1 Å². The highest BCUT2D eigenvalue weighted by Crippen LogP contribution is 2.54. The average molecular weight is 283 g/mol. The van der Waals surface area contributed by atoms with Gasteiger partial charge >= 0.3 is 0 Å². The zero-order valence-electron chi connectivity index (χ0n) is 12.0. The van der Waals surface area contributed by atoms with Gasteiger partial charge in [-0.15, -0.1) is 0 Å². The van der Waals surface area contributed by atoms with Crippen LogP contribution in [0.2, 0.25) is 0 Å². The summed E-state index contributed by atoms with van der Waals surface area (Å²) < 4.78 is 1.75. The number of nitrogens with zero attached hydrogens (tertiary/aromatic N) is 3. The van der Waals surface area contributed by atoms with Crippen molar-refractivity contribution in [3.63, 3.8) is 0 Å². The van der Waals surface area contributed by atoms with E-state index < -0.39 is 5.54 Å². The van der Waals surface area contributed by atoms with Gasteiger partial charge in [-0.2, -0.15) is 5.10 Å². The first-order chi connectivity index (χ1) is 10.2. The Kier molecular flexibility index (Phi) is 2.49. The molecule has 2 aliphatic rings. The summed E-state index contributed by atoms with van der Waals surface area (Å²) in [7, 11) is 0. The quantitative estimate of drug-likeness (QED) is 0.803. The lowest BCUT2D eigenvalue weighted by Crippen LogP contribution is -2.42. The van der Waals surface area contributed by atoms with Crippen molar-refractivity contribution in [2.24, 2.45) is 5.92 Å². The number of aryl methyl sites for hydroxylation is 1. The fourth-order valence-corrected chi connectivity index (χ4v) is 3.70. The van der Waals surface area contributed by atoms with Crippen LogP contribution < -0.4 is 0 Å². The van der Waals surface area contributed by atoms with Crippen LogP contribution in [0, 0.1) is 12.8 Å². The monoisotopic (exact) mass is 283 g/mol. The van der Waals surface area contributed by atoms with E-state index in [2.05, 4.69) is 5.10 Å². The van der Waals surface area contributed by atoms with E-state index in [1.807, 2.05) is 31.2 Å². The van der Waals surface area contributed by atoms with Crippen LogP contribution in [-0.4, -0.2) is 39.0 Å². The van der Waals surface area contributed by atoms with Crippen LogP contribution in [0.1, 0.15) is 18.5 Å². The van der Waals surface area contributed by atoms with Gasteiger partial charge in [-0.1, -0.05) is 18.2 Å². The minimum absolute atomic E-state index is 0.00430. The molecule has 21 heavy (non-hydrogen) atoms. The normalized spacial score (nSPS) is 26.9. The maximum absolute atomic E-state index is 12.6. The number of aromatic nitrogens is 2. The van der Waals surface area contributed by atoms with Crippen LogP contribution in [0.5, 0.6) is 0 Å². The summed E-state index contributed by atoms with van der Waals surface area (Å²) in [6.45, 7) is 2.85. The molecule has 0 radical (unpaired) electrons. The first-order valence-electron chi connectivity index (χ1n) is 7.35. The van der Waals surface area contributed by atoms with Crippen molar-refractivity contribution in [1.29, 1.82) is 0 Å². The fourth-order valence-electron chi connectivity index (χ4n) is 3.70. The number of aldehydes is 1. The molecule has 0 N–H and O–H groups in total. The number of hydrogen-bond donors (Lipinski definition) is 0. The second-order valence-corrected chi connectivity index (χ2v) is 6.10. The number of fused-ring (bicyclic) bond motifs is 2. The topological polar surface area (TPSA) is 55.2 Å². The second kappa shape index (κ2) is 4.16. The van der Waals surface area contributed by atoms with E-state index in [1.165, 1.54) is 0 Å². The Hall–Kier alpha value is -2.17. The number of hydrogen-bond acceptors (Lipinski definition) is 3. The Bertz CT molecular complexity index is 751. The SMILES string of the molecule is Cc1nn(CC(=O)N2CCC3CC32C=O)c2ccccc12. The Labute approximate surface area is 122 Å². The maximum atomic E-state index is 12.6. The molecule has 108 valence electrons. The molecular formula is C16H17N3O2. The Balaban J connectivity index is 1.63. The highest BCUT2D eigenvalue weighted by atomic mass is 16.2. The number of amides is 1. The van der Waals surface area contributed by atoms with Gasteiger partial charge in [0.2, 0.25) is 5.91 Å². The molecule has 2 aromatic rings. The molecule has 2 unspecified atom stereocenters. The Morgan fingerprint density at radius 2 is 2.29 bits per heavy atom. The summed E-state index contributed by atoms with van der Waals surface area (Å²) in [5.74, 6) is 0.380. The molecule has 2 heterocycles. The largest absolute Gasteiger partial charge is 0.328 e. The molecule has 4 rings (SSSR count). The minimum Gasteiger partial charge on any atom is -0.328 e. The van der Waals surface area contributed by atoms with E-state index in [0.29, 0.717) is 12.5 Å². The van der Waals surface area contributed by atoms with Crippen molar-refractivity contribution in [3.05, 3.63) is 30.0 Å². The molecule has 1 aromatic heterocycles. The molecule has 2 fully saturated rings. The van der Waals surface area contributed by atoms with E-state index in [1.54, 1.807) is 9.58 Å². The molecule has 0 bridgehead atoms. The minimum atomic E-state index is -0.491. The molecule has 2 atom stereocenters. The molecule has 1 aromatic carbocycles. The number of piperidine rings is 1. The van der Waals surface area contributed by atoms with E-state index in [4.69, 9.17) is 0 Å². The summed E-state index contributed by atoms with van der Waals surface area (Å²) in [5.41, 5.74) is 1.40. The van der Waals surface area contributed by atoms with E-state index >= 15 is 0 Å². The van der Waals surface area contributed by atoms with Crippen LogP contribution in [0.25, 0.3) is 10.9 Å². The van der Waals surface area contributed by atoms with E-state index in [9.17, 15) is 9.59 Å². The van der Waals surface area contributed by atoms with Gasteiger partial charge in [0, 0.05) is 11.9 Å². The number of likely N-dealkylation sites (tertiary alicyclic amines) is 1. The smallest absolute Gasteiger partial charge is 0.245 e. The van der Waals surface area contributed by atoms with Crippen molar-refractivity contribution in [3.8, 4) is 0 Å². The number of carbonyl (C=O) groups excluding carboxylic acids is 2. The number of carbonyl (C=O) groups is 2. The van der Waals surface area contributed by atoms with Crippen molar-refractivity contribution in [2.45, 2.75) is 31.8 Å². The average Bonchev–Trinajstić information content (AvgIpc) is 2.97. The predicted octanol–water partition coefficient (Wildman–Crippen LogP) is 1.53. The molecule has 1 aliphatic carbocycles. The molecule has 1 amide bonds. The van der Waals surface area contributed by atoms with Crippen molar-refractivity contribution >= 4 is 23.1 Å². The van der Waals surface area contributed by atoms with Gasteiger partial charge in [-0.25, -0.2) is 0 Å². The van der Waals surface area contributed by atoms with Gasteiger partial charge in [0.1, 0.15) is 18.4 Å². The summed E-state index contributed by atoms with van der Waals surface area (Å²) in [6, 6.07) is 7.91. The lowest BCUT2D eigenvalue weighted by atomic mass is 10.2. The fraction of sp³-hybridized carbons (Fsp3) is 0.438. The number of para-hydroxylation sites is 1. The molecule has 5 nitrogen and oxygen atoms in total. The third kappa shape index (κ3) is 1.66. The number of rotatable bonds is 3. The van der Waals surface area contributed by atoms with Gasteiger partial charge in [-0.05, 0) is 31.7 Å². The van der Waals surface area contributed by atoms with Crippen LogP contribution in [0.15, 0.2) is 24.3 Å². The van der Waals surface area contributed by atoms with Gasteiger partial charge in [0.15, 0.2) is 0 Å². The highest BCUT2D eigenvalue weighted by Gasteiger charge is 2.63. The first-order valence-corrected chi connectivity index (χ1v) is 7.35. The first kappa shape index (κ1) is 12.6. The Morgan fingerprint density at radius 1 is 1.48 bits per heavy atom.